The third kappa shape index (κ3) is 4.12. The highest BCUT2D eigenvalue weighted by molar-refractivity contribution is 5.67. The molecule has 0 aliphatic heterocycles. The van der Waals surface area contributed by atoms with E-state index in [4.69, 9.17) is 0 Å². The van der Waals surface area contributed by atoms with Crippen molar-refractivity contribution in [1.82, 2.24) is 5.32 Å². The number of allylic oxidation sites excluding steroid dienone is 4. The molecule has 1 aromatic carbocycles. The van der Waals surface area contributed by atoms with Crippen molar-refractivity contribution >= 4 is 5.57 Å². The molecule has 0 spiro atoms. The highest BCUT2D eigenvalue weighted by Gasteiger charge is 2.02. The van der Waals surface area contributed by atoms with Gasteiger partial charge in [-0.25, -0.2) is 0 Å². The molecular weight excluding hydrogens is 242 g/mol. The molecule has 0 amide bonds. The van der Waals surface area contributed by atoms with E-state index in [2.05, 4.69) is 63.9 Å². The molecule has 0 aliphatic carbocycles. The Hall–Kier alpha value is -1.76. The average Bonchev–Trinajstić information content (AvgIpc) is 2.45. The summed E-state index contributed by atoms with van der Waals surface area (Å²) < 4.78 is 0. The van der Waals surface area contributed by atoms with Crippen LogP contribution < -0.4 is 5.32 Å². The minimum Gasteiger partial charge on any atom is -0.388 e. The second-order valence-electron chi connectivity index (χ2n) is 5.27. The molecular formula is C19H27N. The van der Waals surface area contributed by atoms with Gasteiger partial charge in [0.25, 0.3) is 0 Å². The van der Waals surface area contributed by atoms with E-state index in [9.17, 15) is 0 Å². The molecule has 0 aromatic heterocycles. The van der Waals surface area contributed by atoms with Gasteiger partial charge in [-0.1, -0.05) is 44.2 Å². The fourth-order valence-corrected chi connectivity index (χ4v) is 2.28. The molecule has 1 heteroatoms. The molecule has 0 heterocycles. The van der Waals surface area contributed by atoms with Crippen LogP contribution in [0.25, 0.3) is 5.57 Å². The highest BCUT2D eigenvalue weighted by atomic mass is 14.8. The Morgan fingerprint density at radius 1 is 1.30 bits per heavy atom. The average molecular weight is 269 g/mol. The first-order chi connectivity index (χ1) is 9.53. The zero-order valence-corrected chi connectivity index (χ0v) is 13.5. The van der Waals surface area contributed by atoms with Crippen molar-refractivity contribution in [3.05, 3.63) is 64.9 Å². The molecule has 1 N–H and O–H groups in total. The lowest BCUT2D eigenvalue weighted by atomic mass is 9.97. The van der Waals surface area contributed by atoms with Crippen LogP contribution >= 0.6 is 0 Å². The van der Waals surface area contributed by atoms with Gasteiger partial charge in [0.05, 0.1) is 0 Å². The van der Waals surface area contributed by atoms with Crippen LogP contribution in [-0.4, -0.2) is 7.05 Å². The number of rotatable bonds is 6. The summed E-state index contributed by atoms with van der Waals surface area (Å²) in [7, 11) is 1.95. The van der Waals surface area contributed by atoms with E-state index in [0.29, 0.717) is 0 Å². The molecule has 0 radical (unpaired) electrons. The Bertz CT molecular complexity index is 533. The molecule has 0 bridgehead atoms. The summed E-state index contributed by atoms with van der Waals surface area (Å²) in [4.78, 5) is 0. The predicted octanol–water partition coefficient (Wildman–Crippen LogP) is 5.03. The van der Waals surface area contributed by atoms with Crippen molar-refractivity contribution in [3.8, 4) is 0 Å². The molecule has 1 rings (SSSR count). The molecule has 0 atom stereocenters. The van der Waals surface area contributed by atoms with Gasteiger partial charge in [0.15, 0.2) is 0 Å². The van der Waals surface area contributed by atoms with Crippen LogP contribution in [0.3, 0.4) is 0 Å². The van der Waals surface area contributed by atoms with E-state index in [1.807, 2.05) is 13.1 Å². The lowest BCUT2D eigenvalue weighted by Crippen LogP contribution is -2.05. The monoisotopic (exact) mass is 269 g/mol. The minimum atomic E-state index is 1.12. The van der Waals surface area contributed by atoms with Gasteiger partial charge in [0.2, 0.25) is 0 Å². The predicted molar refractivity (Wildman–Crippen MR) is 90.8 cm³/mol. The Labute approximate surface area is 124 Å². The van der Waals surface area contributed by atoms with E-state index < -0.39 is 0 Å². The van der Waals surface area contributed by atoms with Crippen molar-refractivity contribution in [2.24, 2.45) is 0 Å². The van der Waals surface area contributed by atoms with Gasteiger partial charge in [0.1, 0.15) is 0 Å². The summed E-state index contributed by atoms with van der Waals surface area (Å²) in [6.07, 6.45) is 6.42. The molecule has 0 aliphatic rings. The summed E-state index contributed by atoms with van der Waals surface area (Å²) in [6, 6.07) is 6.77. The maximum Gasteiger partial charge on any atom is 0.0369 e. The van der Waals surface area contributed by atoms with Crippen LogP contribution in [0.15, 0.2) is 48.2 Å². The molecule has 108 valence electrons. The van der Waals surface area contributed by atoms with Crippen LogP contribution in [0.1, 0.15) is 43.9 Å². The molecule has 0 saturated carbocycles. The quantitative estimate of drug-likeness (QED) is 0.714. The topological polar surface area (TPSA) is 12.0 Å². The zero-order chi connectivity index (χ0) is 15.1. The summed E-state index contributed by atoms with van der Waals surface area (Å²) >= 11 is 0. The molecule has 0 unspecified atom stereocenters. The number of benzene rings is 1. The third-order valence-corrected chi connectivity index (χ3v) is 3.68. The number of hydrogen-bond donors (Lipinski definition) is 1. The Balaban J connectivity index is 3.11. The van der Waals surface area contributed by atoms with E-state index in [0.717, 1.165) is 17.7 Å². The normalized spacial score (nSPS) is 12.9. The maximum absolute atomic E-state index is 3.83. The lowest BCUT2D eigenvalue weighted by Gasteiger charge is -2.10. The summed E-state index contributed by atoms with van der Waals surface area (Å²) in [6.45, 7) is 12.5. The van der Waals surface area contributed by atoms with Gasteiger partial charge in [-0.15, -0.1) is 0 Å². The van der Waals surface area contributed by atoms with E-state index >= 15 is 0 Å². The van der Waals surface area contributed by atoms with Crippen molar-refractivity contribution in [2.75, 3.05) is 7.05 Å². The fourth-order valence-electron chi connectivity index (χ4n) is 2.28. The van der Waals surface area contributed by atoms with Crippen LogP contribution in [-0.2, 0) is 6.42 Å². The second kappa shape index (κ2) is 7.74. The van der Waals surface area contributed by atoms with E-state index in [1.54, 1.807) is 0 Å². The Morgan fingerprint density at radius 2 is 2.00 bits per heavy atom. The van der Waals surface area contributed by atoms with Gasteiger partial charge < -0.3 is 5.32 Å². The first-order valence-electron chi connectivity index (χ1n) is 7.32. The highest BCUT2D eigenvalue weighted by Crippen LogP contribution is 2.21. The van der Waals surface area contributed by atoms with Gasteiger partial charge in [-0.2, -0.15) is 0 Å². The lowest BCUT2D eigenvalue weighted by molar-refractivity contribution is 0.912. The molecule has 0 fully saturated rings. The Kier molecular flexibility index (Phi) is 6.30. The van der Waals surface area contributed by atoms with Gasteiger partial charge >= 0.3 is 0 Å². The summed E-state index contributed by atoms with van der Waals surface area (Å²) in [5, 5.41) is 3.23. The SMILES string of the molecule is C=C/C(C)=C(/C=C(\C)c1ccc(CCC)c(C)c1)NC. The van der Waals surface area contributed by atoms with Crippen molar-refractivity contribution in [2.45, 2.75) is 40.5 Å². The van der Waals surface area contributed by atoms with Crippen LogP contribution in [0, 0.1) is 6.92 Å². The van der Waals surface area contributed by atoms with Crippen LogP contribution in [0.5, 0.6) is 0 Å². The molecule has 20 heavy (non-hydrogen) atoms. The van der Waals surface area contributed by atoms with E-state index in [1.165, 1.54) is 28.7 Å². The fraction of sp³-hybridized carbons (Fsp3) is 0.368. The molecule has 0 saturated heterocycles. The summed E-state index contributed by atoms with van der Waals surface area (Å²) in [5.41, 5.74) is 7.66. The zero-order valence-electron chi connectivity index (χ0n) is 13.5. The van der Waals surface area contributed by atoms with E-state index in [-0.39, 0.29) is 0 Å². The van der Waals surface area contributed by atoms with Gasteiger partial charge in [-0.05, 0) is 61.1 Å². The third-order valence-electron chi connectivity index (χ3n) is 3.68. The number of aryl methyl sites for hydroxylation is 2. The summed E-state index contributed by atoms with van der Waals surface area (Å²) in [5.74, 6) is 0. The largest absolute Gasteiger partial charge is 0.388 e. The van der Waals surface area contributed by atoms with Crippen LogP contribution in [0.2, 0.25) is 0 Å². The first-order valence-corrected chi connectivity index (χ1v) is 7.32. The number of likely N-dealkylation sites (N-methyl/N-ethyl adjacent to an activating group) is 1. The number of hydrogen-bond acceptors (Lipinski definition) is 1. The van der Waals surface area contributed by atoms with Crippen LogP contribution in [0.4, 0.5) is 0 Å². The molecule has 1 nitrogen and oxygen atoms in total. The van der Waals surface area contributed by atoms with Gasteiger partial charge in [-0.3, -0.25) is 0 Å². The Morgan fingerprint density at radius 3 is 2.50 bits per heavy atom. The molecule has 1 aromatic rings. The first kappa shape index (κ1) is 16.3. The standard InChI is InChI=1S/C19H27N/c1-7-9-17-10-11-18(12-15(17)4)16(5)13-19(20-6)14(3)8-2/h8,10-13,20H,2,7,9H2,1,3-6H3/b16-13+,19-14-. The smallest absolute Gasteiger partial charge is 0.0369 e. The second-order valence-corrected chi connectivity index (χ2v) is 5.27. The number of nitrogens with one attached hydrogen (secondary N) is 1. The maximum atomic E-state index is 3.83. The van der Waals surface area contributed by atoms with Gasteiger partial charge in [0, 0.05) is 12.7 Å². The minimum absolute atomic E-state index is 1.12. The van der Waals surface area contributed by atoms with Crippen molar-refractivity contribution in [1.29, 1.82) is 0 Å². The van der Waals surface area contributed by atoms with Crippen molar-refractivity contribution in [3.63, 3.8) is 0 Å². The van der Waals surface area contributed by atoms with Crippen molar-refractivity contribution < 1.29 is 0 Å².